The molecule has 3 rings (SSSR count). The minimum absolute atomic E-state index is 0.117. The van der Waals surface area contributed by atoms with Gasteiger partial charge in [-0.25, -0.2) is 4.98 Å². The third-order valence-electron chi connectivity index (χ3n) is 3.55. The highest BCUT2D eigenvalue weighted by atomic mass is 32.2. The Morgan fingerprint density at radius 3 is 2.62 bits per heavy atom. The number of halogens is 3. The van der Waals surface area contributed by atoms with Crippen molar-refractivity contribution < 1.29 is 17.9 Å². The quantitative estimate of drug-likeness (QED) is 0.581. The summed E-state index contributed by atoms with van der Waals surface area (Å²) >= 11 is 1.42. The van der Waals surface area contributed by atoms with E-state index in [0.717, 1.165) is 28.5 Å². The molecule has 26 heavy (non-hydrogen) atoms. The molecule has 0 saturated carbocycles. The van der Waals surface area contributed by atoms with E-state index in [4.69, 9.17) is 4.74 Å². The Bertz CT molecular complexity index is 909. The number of benzene rings is 2. The molecule has 2 aromatic carbocycles. The van der Waals surface area contributed by atoms with Crippen LogP contribution < -0.4 is 9.46 Å². The molecule has 0 aliphatic carbocycles. The maximum Gasteiger partial charge on any atom is 0.416 e. The molecule has 0 saturated heterocycles. The lowest BCUT2D eigenvalue weighted by Crippen LogP contribution is -2.04. The number of aromatic nitrogens is 2. The second kappa shape index (κ2) is 7.43. The van der Waals surface area contributed by atoms with Gasteiger partial charge in [-0.2, -0.15) is 13.2 Å². The standard InChI is InChI=1S/C18H16F3N3OS/c1-11-23-10-16(24-11)15-9-14(26-22-2)6-7-17(15)25-13-5-3-4-12(8-13)18(19,20)21/h3-10,22H,1-2H3,(H,23,24). The molecular weight excluding hydrogens is 363 g/mol. The molecule has 2 N–H and O–H groups in total. The molecule has 0 aliphatic heterocycles. The van der Waals surface area contributed by atoms with Gasteiger partial charge in [0, 0.05) is 10.5 Å². The Hall–Kier alpha value is -2.45. The number of H-pyrrole nitrogens is 1. The third kappa shape index (κ3) is 4.20. The normalized spacial score (nSPS) is 11.6. The average Bonchev–Trinajstić information content (AvgIpc) is 3.02. The number of imidazole rings is 1. The van der Waals surface area contributed by atoms with Gasteiger partial charge in [0.1, 0.15) is 17.3 Å². The third-order valence-corrected chi connectivity index (χ3v) is 4.25. The van der Waals surface area contributed by atoms with Crippen LogP contribution in [0.15, 0.2) is 53.6 Å². The molecule has 1 heterocycles. The average molecular weight is 379 g/mol. The molecule has 0 fully saturated rings. The number of rotatable bonds is 5. The first-order valence-corrected chi connectivity index (χ1v) is 8.53. The van der Waals surface area contributed by atoms with Crippen molar-refractivity contribution in [1.82, 2.24) is 14.7 Å². The van der Waals surface area contributed by atoms with Crippen LogP contribution in [-0.4, -0.2) is 17.0 Å². The number of hydrogen-bond acceptors (Lipinski definition) is 4. The number of alkyl halides is 3. The van der Waals surface area contributed by atoms with E-state index >= 15 is 0 Å². The second-order valence-electron chi connectivity index (χ2n) is 5.47. The zero-order chi connectivity index (χ0) is 18.7. The van der Waals surface area contributed by atoms with E-state index < -0.39 is 11.7 Å². The molecular formula is C18H16F3N3OS. The lowest BCUT2D eigenvalue weighted by molar-refractivity contribution is -0.137. The van der Waals surface area contributed by atoms with Crippen molar-refractivity contribution in [2.45, 2.75) is 18.0 Å². The molecule has 4 nitrogen and oxygen atoms in total. The largest absolute Gasteiger partial charge is 0.457 e. The van der Waals surface area contributed by atoms with Crippen molar-refractivity contribution in [3.05, 3.63) is 60.0 Å². The van der Waals surface area contributed by atoms with Gasteiger partial charge in [-0.15, -0.1) is 0 Å². The number of nitrogens with one attached hydrogen (secondary N) is 2. The lowest BCUT2D eigenvalue weighted by atomic mass is 10.1. The summed E-state index contributed by atoms with van der Waals surface area (Å²) in [6, 6.07) is 10.3. The van der Waals surface area contributed by atoms with Crippen LogP contribution >= 0.6 is 11.9 Å². The molecule has 0 aliphatic rings. The van der Waals surface area contributed by atoms with Crippen LogP contribution in [0.25, 0.3) is 11.3 Å². The first-order chi connectivity index (χ1) is 12.4. The Balaban J connectivity index is 1.99. The van der Waals surface area contributed by atoms with E-state index in [2.05, 4.69) is 14.7 Å². The maximum atomic E-state index is 12.9. The van der Waals surface area contributed by atoms with E-state index in [1.54, 1.807) is 19.3 Å². The molecule has 0 unspecified atom stereocenters. The number of nitrogens with zero attached hydrogens (tertiary/aromatic N) is 1. The highest BCUT2D eigenvalue weighted by molar-refractivity contribution is 7.97. The van der Waals surface area contributed by atoms with E-state index in [1.807, 2.05) is 19.1 Å². The van der Waals surface area contributed by atoms with Gasteiger partial charge in [-0.1, -0.05) is 6.07 Å². The van der Waals surface area contributed by atoms with Crippen LogP contribution in [0.1, 0.15) is 11.4 Å². The fourth-order valence-corrected chi connectivity index (χ4v) is 2.96. The van der Waals surface area contributed by atoms with Crippen molar-refractivity contribution >= 4 is 11.9 Å². The Morgan fingerprint density at radius 1 is 1.15 bits per heavy atom. The summed E-state index contributed by atoms with van der Waals surface area (Å²) in [5.74, 6) is 1.29. The van der Waals surface area contributed by atoms with Crippen LogP contribution in [0.4, 0.5) is 13.2 Å². The molecule has 0 bridgehead atoms. The highest BCUT2D eigenvalue weighted by Crippen LogP contribution is 2.37. The molecule has 3 aromatic rings. The van der Waals surface area contributed by atoms with E-state index in [-0.39, 0.29) is 5.75 Å². The molecule has 1 aromatic heterocycles. The fourth-order valence-electron chi connectivity index (χ4n) is 2.41. The van der Waals surface area contributed by atoms with E-state index in [9.17, 15) is 13.2 Å². The number of ether oxygens (including phenoxy) is 1. The Kier molecular flexibility index (Phi) is 5.24. The van der Waals surface area contributed by atoms with Crippen LogP contribution in [0.5, 0.6) is 11.5 Å². The van der Waals surface area contributed by atoms with Crippen molar-refractivity contribution in [3.8, 4) is 22.8 Å². The van der Waals surface area contributed by atoms with Gasteiger partial charge in [-0.05, 0) is 62.3 Å². The number of aromatic amines is 1. The minimum Gasteiger partial charge on any atom is -0.457 e. The smallest absolute Gasteiger partial charge is 0.416 e. The summed E-state index contributed by atoms with van der Waals surface area (Å²) in [5.41, 5.74) is 0.683. The van der Waals surface area contributed by atoms with Crippen LogP contribution in [0, 0.1) is 6.92 Å². The van der Waals surface area contributed by atoms with Gasteiger partial charge in [0.05, 0.1) is 17.5 Å². The Labute approximate surface area is 152 Å². The van der Waals surface area contributed by atoms with Crippen LogP contribution in [-0.2, 0) is 6.18 Å². The van der Waals surface area contributed by atoms with Gasteiger partial charge in [0.25, 0.3) is 0 Å². The second-order valence-corrected chi connectivity index (χ2v) is 6.56. The summed E-state index contributed by atoms with van der Waals surface area (Å²) in [4.78, 5) is 8.24. The van der Waals surface area contributed by atoms with Crippen LogP contribution in [0.2, 0.25) is 0 Å². The first kappa shape index (κ1) is 18.3. The maximum absolute atomic E-state index is 12.9. The van der Waals surface area contributed by atoms with Gasteiger partial charge < -0.3 is 9.72 Å². The predicted octanol–water partition coefficient (Wildman–Crippen LogP) is 5.42. The lowest BCUT2D eigenvalue weighted by Gasteiger charge is -2.13. The predicted molar refractivity (Wildman–Crippen MR) is 95.2 cm³/mol. The number of hydrogen-bond donors (Lipinski definition) is 2. The molecule has 136 valence electrons. The monoisotopic (exact) mass is 379 g/mol. The summed E-state index contributed by atoms with van der Waals surface area (Å²) in [5, 5.41) is 0. The first-order valence-electron chi connectivity index (χ1n) is 7.71. The topological polar surface area (TPSA) is 49.9 Å². The molecule has 0 amide bonds. The molecule has 8 heteroatoms. The zero-order valence-electron chi connectivity index (χ0n) is 14.0. The Morgan fingerprint density at radius 2 is 1.96 bits per heavy atom. The van der Waals surface area contributed by atoms with Gasteiger partial charge >= 0.3 is 6.18 Å². The van der Waals surface area contributed by atoms with E-state index in [1.165, 1.54) is 24.1 Å². The van der Waals surface area contributed by atoms with Gasteiger partial charge in [-0.3, -0.25) is 4.72 Å². The van der Waals surface area contributed by atoms with Crippen molar-refractivity contribution in [3.63, 3.8) is 0 Å². The summed E-state index contributed by atoms with van der Waals surface area (Å²) in [7, 11) is 1.80. The summed E-state index contributed by atoms with van der Waals surface area (Å²) in [6.45, 7) is 1.82. The summed E-state index contributed by atoms with van der Waals surface area (Å²) < 4.78 is 47.5. The zero-order valence-corrected chi connectivity index (χ0v) is 14.8. The molecule has 0 spiro atoms. The fraction of sp³-hybridized carbons (Fsp3) is 0.167. The number of aryl methyl sites for hydroxylation is 1. The van der Waals surface area contributed by atoms with Crippen molar-refractivity contribution in [2.75, 3.05) is 7.05 Å². The molecule has 0 atom stereocenters. The van der Waals surface area contributed by atoms with Crippen LogP contribution in [0.3, 0.4) is 0 Å². The van der Waals surface area contributed by atoms with Gasteiger partial charge in [0.15, 0.2) is 0 Å². The van der Waals surface area contributed by atoms with Gasteiger partial charge in [0.2, 0.25) is 0 Å². The summed E-state index contributed by atoms with van der Waals surface area (Å²) in [6.07, 6.45) is -2.76. The minimum atomic E-state index is -4.42. The molecule has 0 radical (unpaired) electrons. The SMILES string of the molecule is CNSc1ccc(Oc2cccc(C(F)(F)F)c2)c(-c2cnc(C)[nH]2)c1. The van der Waals surface area contributed by atoms with E-state index in [0.29, 0.717) is 11.3 Å². The van der Waals surface area contributed by atoms with Crippen molar-refractivity contribution in [2.24, 2.45) is 0 Å². The van der Waals surface area contributed by atoms with Crippen molar-refractivity contribution in [1.29, 1.82) is 0 Å². The highest BCUT2D eigenvalue weighted by Gasteiger charge is 2.30.